The van der Waals surface area contributed by atoms with Gasteiger partial charge in [0, 0.05) is 4.88 Å². The highest BCUT2D eigenvalue weighted by Crippen LogP contribution is 2.34. The highest BCUT2D eigenvalue weighted by atomic mass is 32.1. The molecule has 0 atom stereocenters. The third-order valence-corrected chi connectivity index (χ3v) is 3.77. The minimum Gasteiger partial charge on any atom is -0.148 e. The first kappa shape index (κ1) is 10.8. The summed E-state index contributed by atoms with van der Waals surface area (Å²) in [5.74, 6) is 1.36. The van der Waals surface area contributed by atoms with Gasteiger partial charge in [-0.1, -0.05) is 34.6 Å². The minimum atomic E-state index is 0.679. The average molecular weight is 196 g/mol. The van der Waals surface area contributed by atoms with Crippen LogP contribution in [-0.2, 0) is 6.42 Å². The van der Waals surface area contributed by atoms with Crippen LogP contribution in [0.25, 0.3) is 0 Å². The fraction of sp³-hybridized carbons (Fsp3) is 0.667. The first-order valence-corrected chi connectivity index (χ1v) is 6.06. The van der Waals surface area contributed by atoms with Crippen LogP contribution >= 0.6 is 11.3 Å². The third-order valence-electron chi connectivity index (χ3n) is 2.42. The number of hydrogen-bond acceptors (Lipinski definition) is 1. The van der Waals surface area contributed by atoms with E-state index in [0.717, 1.165) is 0 Å². The Balaban J connectivity index is 3.14. The van der Waals surface area contributed by atoms with Crippen molar-refractivity contribution in [2.45, 2.75) is 52.9 Å². The van der Waals surface area contributed by atoms with Crippen LogP contribution in [0.5, 0.6) is 0 Å². The Morgan fingerprint density at radius 1 is 1.15 bits per heavy atom. The van der Waals surface area contributed by atoms with Gasteiger partial charge in [-0.2, -0.15) is 0 Å². The van der Waals surface area contributed by atoms with Crippen molar-refractivity contribution in [3.05, 3.63) is 21.4 Å². The van der Waals surface area contributed by atoms with Gasteiger partial charge in [-0.05, 0) is 34.8 Å². The van der Waals surface area contributed by atoms with E-state index >= 15 is 0 Å². The quantitative estimate of drug-likeness (QED) is 0.665. The summed E-state index contributed by atoms with van der Waals surface area (Å²) in [7, 11) is 0. The van der Waals surface area contributed by atoms with E-state index in [-0.39, 0.29) is 0 Å². The second-order valence-corrected chi connectivity index (χ2v) is 5.11. The molecule has 0 aliphatic rings. The van der Waals surface area contributed by atoms with Crippen molar-refractivity contribution in [1.82, 2.24) is 0 Å². The predicted octanol–water partition coefficient (Wildman–Crippen LogP) is 4.56. The fourth-order valence-electron chi connectivity index (χ4n) is 1.80. The van der Waals surface area contributed by atoms with Crippen LogP contribution in [0.3, 0.4) is 0 Å². The van der Waals surface area contributed by atoms with Crippen LogP contribution in [0.1, 0.15) is 62.5 Å². The van der Waals surface area contributed by atoms with Crippen LogP contribution in [0.15, 0.2) is 5.38 Å². The van der Waals surface area contributed by atoms with Gasteiger partial charge in [-0.3, -0.25) is 0 Å². The molecule has 0 unspecified atom stereocenters. The summed E-state index contributed by atoms with van der Waals surface area (Å²) >= 11 is 1.94. The first-order chi connectivity index (χ1) is 6.07. The highest BCUT2D eigenvalue weighted by molar-refractivity contribution is 7.10. The molecular weight excluding hydrogens is 176 g/mol. The van der Waals surface area contributed by atoms with Crippen molar-refractivity contribution >= 4 is 11.3 Å². The van der Waals surface area contributed by atoms with Gasteiger partial charge < -0.3 is 0 Å². The predicted molar refractivity (Wildman–Crippen MR) is 61.9 cm³/mol. The number of aryl methyl sites for hydroxylation is 1. The van der Waals surface area contributed by atoms with Gasteiger partial charge in [0.15, 0.2) is 0 Å². The van der Waals surface area contributed by atoms with Crippen molar-refractivity contribution in [2.24, 2.45) is 0 Å². The molecule has 0 N–H and O–H groups in total. The van der Waals surface area contributed by atoms with Gasteiger partial charge in [0.2, 0.25) is 0 Å². The van der Waals surface area contributed by atoms with Crippen LogP contribution in [-0.4, -0.2) is 0 Å². The molecule has 0 aromatic carbocycles. The minimum absolute atomic E-state index is 0.679. The van der Waals surface area contributed by atoms with Crippen molar-refractivity contribution in [3.8, 4) is 0 Å². The molecule has 0 fully saturated rings. The molecule has 0 aliphatic carbocycles. The van der Waals surface area contributed by atoms with Gasteiger partial charge in [-0.15, -0.1) is 11.3 Å². The summed E-state index contributed by atoms with van der Waals surface area (Å²) in [6.45, 7) is 11.4. The molecule has 1 heteroatoms. The van der Waals surface area contributed by atoms with E-state index in [2.05, 4.69) is 40.0 Å². The lowest BCUT2D eigenvalue weighted by atomic mass is 9.94. The molecular formula is C12H20S. The Kier molecular flexibility index (Phi) is 3.55. The van der Waals surface area contributed by atoms with Gasteiger partial charge in [0.05, 0.1) is 0 Å². The van der Waals surface area contributed by atoms with E-state index in [1.807, 2.05) is 11.3 Å². The Morgan fingerprint density at radius 3 is 2.15 bits per heavy atom. The first-order valence-electron chi connectivity index (χ1n) is 5.18. The molecule has 0 saturated heterocycles. The zero-order chi connectivity index (χ0) is 10.0. The smallest absolute Gasteiger partial charge is 0.0108 e. The van der Waals surface area contributed by atoms with Gasteiger partial charge in [-0.25, -0.2) is 0 Å². The van der Waals surface area contributed by atoms with E-state index in [9.17, 15) is 0 Å². The van der Waals surface area contributed by atoms with Gasteiger partial charge in [0.1, 0.15) is 0 Å². The molecule has 0 radical (unpaired) electrons. The molecule has 0 aliphatic heterocycles. The monoisotopic (exact) mass is 196 g/mol. The molecule has 0 bridgehead atoms. The van der Waals surface area contributed by atoms with Gasteiger partial charge >= 0.3 is 0 Å². The average Bonchev–Trinajstić information content (AvgIpc) is 2.46. The van der Waals surface area contributed by atoms with E-state index in [0.29, 0.717) is 11.8 Å². The molecule has 1 heterocycles. The summed E-state index contributed by atoms with van der Waals surface area (Å²) in [5, 5.41) is 2.34. The Labute approximate surface area is 86.0 Å². The fourth-order valence-corrected chi connectivity index (χ4v) is 3.12. The molecule has 1 aromatic heterocycles. The van der Waals surface area contributed by atoms with Gasteiger partial charge in [0.25, 0.3) is 0 Å². The summed E-state index contributed by atoms with van der Waals surface area (Å²) in [4.78, 5) is 1.59. The largest absolute Gasteiger partial charge is 0.148 e. The Morgan fingerprint density at radius 2 is 1.77 bits per heavy atom. The standard InChI is InChI=1S/C12H20S/c1-6-10-7-13-12(9(4)5)11(10)8(2)3/h7-9H,6H2,1-5H3. The zero-order valence-electron chi connectivity index (χ0n) is 9.35. The summed E-state index contributed by atoms with van der Waals surface area (Å²) in [6.07, 6.45) is 1.18. The molecule has 0 saturated carbocycles. The lowest BCUT2D eigenvalue weighted by Crippen LogP contribution is -1.96. The lowest BCUT2D eigenvalue weighted by molar-refractivity contribution is 0.796. The molecule has 1 aromatic rings. The normalized spacial score (nSPS) is 11.6. The topological polar surface area (TPSA) is 0 Å². The Bertz CT molecular complexity index is 269. The maximum absolute atomic E-state index is 2.34. The van der Waals surface area contributed by atoms with Crippen LogP contribution in [0, 0.1) is 0 Å². The second kappa shape index (κ2) is 4.28. The molecule has 0 amide bonds. The molecule has 13 heavy (non-hydrogen) atoms. The van der Waals surface area contributed by atoms with Crippen molar-refractivity contribution in [3.63, 3.8) is 0 Å². The highest BCUT2D eigenvalue weighted by Gasteiger charge is 2.15. The number of thiophene rings is 1. The SMILES string of the molecule is CCc1csc(C(C)C)c1C(C)C. The van der Waals surface area contributed by atoms with Crippen molar-refractivity contribution in [1.29, 1.82) is 0 Å². The molecule has 74 valence electrons. The zero-order valence-corrected chi connectivity index (χ0v) is 10.2. The van der Waals surface area contributed by atoms with Crippen molar-refractivity contribution in [2.75, 3.05) is 0 Å². The van der Waals surface area contributed by atoms with Crippen molar-refractivity contribution < 1.29 is 0 Å². The Hall–Kier alpha value is -0.300. The number of hydrogen-bond donors (Lipinski definition) is 0. The van der Waals surface area contributed by atoms with E-state index in [1.54, 1.807) is 16.0 Å². The molecule has 0 nitrogen and oxygen atoms in total. The molecule has 0 spiro atoms. The van der Waals surface area contributed by atoms with E-state index in [4.69, 9.17) is 0 Å². The lowest BCUT2D eigenvalue weighted by Gasteiger charge is -2.12. The summed E-state index contributed by atoms with van der Waals surface area (Å²) in [6, 6.07) is 0. The van der Waals surface area contributed by atoms with Crippen LogP contribution in [0.2, 0.25) is 0 Å². The molecule has 1 rings (SSSR count). The van der Waals surface area contributed by atoms with Crippen LogP contribution in [0.4, 0.5) is 0 Å². The van der Waals surface area contributed by atoms with E-state index in [1.165, 1.54) is 6.42 Å². The second-order valence-electron chi connectivity index (χ2n) is 4.20. The maximum Gasteiger partial charge on any atom is 0.0108 e. The summed E-state index contributed by atoms with van der Waals surface area (Å²) in [5.41, 5.74) is 3.17. The number of rotatable bonds is 3. The van der Waals surface area contributed by atoms with E-state index < -0.39 is 0 Å². The maximum atomic E-state index is 2.34. The third kappa shape index (κ3) is 2.14. The van der Waals surface area contributed by atoms with Crippen LogP contribution < -0.4 is 0 Å². The summed E-state index contributed by atoms with van der Waals surface area (Å²) < 4.78 is 0.